The van der Waals surface area contributed by atoms with Gasteiger partial charge in [0.1, 0.15) is 5.78 Å². The number of ketones is 1. The number of carbonyl (C=O) groups excluding carboxylic acids is 1. The van der Waals surface area contributed by atoms with Crippen LogP contribution in [0.4, 0.5) is 0 Å². The van der Waals surface area contributed by atoms with Crippen molar-refractivity contribution in [2.75, 3.05) is 0 Å². The van der Waals surface area contributed by atoms with Crippen molar-refractivity contribution in [3.8, 4) is 0 Å². The molecule has 5 aliphatic carbocycles. The van der Waals surface area contributed by atoms with E-state index in [0.717, 1.165) is 24.7 Å². The summed E-state index contributed by atoms with van der Waals surface area (Å²) in [5.74, 6) is 3.79. The van der Waals surface area contributed by atoms with Gasteiger partial charge in [-0.1, -0.05) is 26.0 Å². The smallest absolute Gasteiger partial charge is 0.139 e. The van der Waals surface area contributed by atoms with Gasteiger partial charge in [0, 0.05) is 11.8 Å². The van der Waals surface area contributed by atoms with Crippen molar-refractivity contribution in [1.82, 2.24) is 0 Å². The lowest BCUT2D eigenvalue weighted by molar-refractivity contribution is -0.131. The van der Waals surface area contributed by atoms with E-state index >= 15 is 0 Å². The molecule has 1 heteroatoms. The Labute approximate surface area is 122 Å². The Morgan fingerprint density at radius 2 is 1.95 bits per heavy atom. The first-order chi connectivity index (χ1) is 9.51. The number of rotatable bonds is 0. The van der Waals surface area contributed by atoms with Crippen LogP contribution in [0.25, 0.3) is 0 Å². The summed E-state index contributed by atoms with van der Waals surface area (Å²) in [7, 11) is 0. The van der Waals surface area contributed by atoms with Gasteiger partial charge < -0.3 is 0 Å². The predicted molar refractivity (Wildman–Crippen MR) is 79.1 cm³/mol. The van der Waals surface area contributed by atoms with E-state index in [1.54, 1.807) is 0 Å². The van der Waals surface area contributed by atoms with Gasteiger partial charge in [0.05, 0.1) is 0 Å². The molecule has 1 nitrogen and oxygen atoms in total. The quantitative estimate of drug-likeness (QED) is 0.597. The van der Waals surface area contributed by atoms with Crippen LogP contribution in [0.15, 0.2) is 12.2 Å². The van der Waals surface area contributed by atoms with Gasteiger partial charge in [-0.25, -0.2) is 0 Å². The molecule has 0 bridgehead atoms. The predicted octanol–water partition coefficient (Wildman–Crippen LogP) is 4.37. The fourth-order valence-electron chi connectivity index (χ4n) is 7.30. The highest BCUT2D eigenvalue weighted by molar-refractivity contribution is 5.87. The third-order valence-electron chi connectivity index (χ3n) is 8.70. The summed E-state index contributed by atoms with van der Waals surface area (Å²) >= 11 is 0. The molecule has 4 fully saturated rings. The summed E-state index contributed by atoms with van der Waals surface area (Å²) in [4.78, 5) is 12.4. The Kier molecular flexibility index (Phi) is 1.95. The van der Waals surface area contributed by atoms with Crippen molar-refractivity contribution in [2.24, 2.45) is 39.9 Å². The van der Waals surface area contributed by atoms with Crippen LogP contribution in [0.1, 0.15) is 58.8 Å². The second kappa shape index (κ2) is 3.25. The monoisotopic (exact) mass is 270 g/mol. The second-order valence-electron chi connectivity index (χ2n) is 8.97. The molecule has 1 spiro atoms. The van der Waals surface area contributed by atoms with Crippen LogP contribution in [0.2, 0.25) is 0 Å². The Hall–Kier alpha value is -0.590. The first-order valence-corrected chi connectivity index (χ1v) is 8.74. The van der Waals surface area contributed by atoms with Gasteiger partial charge in [-0.05, 0) is 73.0 Å². The summed E-state index contributed by atoms with van der Waals surface area (Å²) in [6.07, 6.45) is 14.1. The van der Waals surface area contributed by atoms with E-state index in [1.165, 1.54) is 32.1 Å². The van der Waals surface area contributed by atoms with Crippen molar-refractivity contribution >= 4 is 5.78 Å². The van der Waals surface area contributed by atoms with Gasteiger partial charge in [0.25, 0.3) is 0 Å². The Morgan fingerprint density at radius 3 is 2.75 bits per heavy atom. The molecule has 20 heavy (non-hydrogen) atoms. The van der Waals surface area contributed by atoms with Gasteiger partial charge in [-0.2, -0.15) is 0 Å². The Morgan fingerprint density at radius 1 is 1.10 bits per heavy atom. The molecule has 0 aromatic carbocycles. The van der Waals surface area contributed by atoms with E-state index in [1.807, 2.05) is 0 Å². The van der Waals surface area contributed by atoms with Crippen LogP contribution in [0.5, 0.6) is 0 Å². The fourth-order valence-corrected chi connectivity index (χ4v) is 7.30. The molecule has 0 aromatic heterocycles. The normalized spacial score (nSPS) is 62.6. The first kappa shape index (κ1) is 12.0. The van der Waals surface area contributed by atoms with Crippen LogP contribution < -0.4 is 0 Å². The molecular formula is C19H26O. The van der Waals surface area contributed by atoms with Gasteiger partial charge >= 0.3 is 0 Å². The van der Waals surface area contributed by atoms with Crippen LogP contribution >= 0.6 is 0 Å². The summed E-state index contributed by atoms with van der Waals surface area (Å²) < 4.78 is 0. The third kappa shape index (κ3) is 1.06. The van der Waals surface area contributed by atoms with Gasteiger partial charge in [0.2, 0.25) is 0 Å². The lowest BCUT2D eigenvalue weighted by Crippen LogP contribution is -2.50. The summed E-state index contributed by atoms with van der Waals surface area (Å²) in [5, 5.41) is 0. The molecular weight excluding hydrogens is 244 g/mol. The van der Waals surface area contributed by atoms with Crippen LogP contribution in [-0.4, -0.2) is 5.78 Å². The average Bonchev–Trinajstić information content (AvgIpc) is 2.96. The molecule has 0 N–H and O–H groups in total. The molecule has 0 heterocycles. The second-order valence-corrected chi connectivity index (χ2v) is 8.97. The van der Waals surface area contributed by atoms with E-state index in [2.05, 4.69) is 26.0 Å². The van der Waals surface area contributed by atoms with Gasteiger partial charge in [0.15, 0.2) is 0 Å². The zero-order valence-electron chi connectivity index (χ0n) is 12.8. The van der Waals surface area contributed by atoms with Crippen molar-refractivity contribution < 1.29 is 4.79 Å². The highest BCUT2D eigenvalue weighted by Gasteiger charge is 2.72. The van der Waals surface area contributed by atoms with Gasteiger partial charge in [-0.3, -0.25) is 4.79 Å². The molecule has 5 rings (SSSR count). The van der Waals surface area contributed by atoms with Crippen molar-refractivity contribution in [3.63, 3.8) is 0 Å². The molecule has 0 saturated heterocycles. The maximum atomic E-state index is 12.4. The van der Waals surface area contributed by atoms with Crippen LogP contribution in [-0.2, 0) is 4.79 Å². The van der Waals surface area contributed by atoms with E-state index in [0.29, 0.717) is 28.4 Å². The lowest BCUT2D eigenvalue weighted by Gasteiger charge is -2.55. The molecule has 5 aliphatic rings. The highest BCUT2D eigenvalue weighted by atomic mass is 16.1. The zero-order valence-corrected chi connectivity index (χ0v) is 12.8. The molecule has 108 valence electrons. The molecule has 4 saturated carbocycles. The number of hydrogen-bond donors (Lipinski definition) is 0. The summed E-state index contributed by atoms with van der Waals surface area (Å²) in [6.45, 7) is 4.87. The van der Waals surface area contributed by atoms with Crippen LogP contribution in [0.3, 0.4) is 0 Å². The number of fused-ring (bicyclic) bond motifs is 4. The minimum absolute atomic E-state index is 0.0218. The van der Waals surface area contributed by atoms with E-state index in [4.69, 9.17) is 0 Å². The molecule has 0 aliphatic heterocycles. The molecule has 0 radical (unpaired) electrons. The summed E-state index contributed by atoms with van der Waals surface area (Å²) in [6, 6.07) is 0. The van der Waals surface area contributed by atoms with Crippen molar-refractivity contribution in [3.05, 3.63) is 12.2 Å². The maximum Gasteiger partial charge on any atom is 0.139 e. The Balaban J connectivity index is 1.59. The standard InChI is InChI=1S/C19H26O/c1-17-8-7-15-13(14(17)3-4-16(17)20)6-10-19-11-12(19)5-9-18(15,19)2/h6,10,12-15H,3-5,7-9,11H2,1-2H3/t12-,13-,14-,15-,17+,18+,19+/m1/s1. The maximum absolute atomic E-state index is 12.4. The Bertz CT molecular complexity index is 534. The minimum atomic E-state index is 0.0218. The average molecular weight is 270 g/mol. The first-order valence-electron chi connectivity index (χ1n) is 8.74. The van der Waals surface area contributed by atoms with Gasteiger partial charge in [-0.15, -0.1) is 0 Å². The molecule has 7 atom stereocenters. The lowest BCUT2D eigenvalue weighted by atomic mass is 9.49. The van der Waals surface area contributed by atoms with Crippen LogP contribution in [0, 0.1) is 39.9 Å². The molecule has 0 amide bonds. The van der Waals surface area contributed by atoms with E-state index in [9.17, 15) is 4.79 Å². The number of hydrogen-bond acceptors (Lipinski definition) is 1. The SMILES string of the molecule is C[C@@]12CC[C@@H]3C[C@@]31C=C[C@H]1[C@H]2CC[C@]2(C)C(=O)CC[C@H]12. The van der Waals surface area contributed by atoms with Crippen molar-refractivity contribution in [2.45, 2.75) is 58.8 Å². The minimum Gasteiger partial charge on any atom is -0.299 e. The van der Waals surface area contributed by atoms with E-state index in [-0.39, 0.29) is 5.41 Å². The number of Topliss-reactive ketones (excluding diaryl/α,β-unsaturated/α-hetero) is 1. The van der Waals surface area contributed by atoms with E-state index < -0.39 is 0 Å². The highest BCUT2D eigenvalue weighted by Crippen LogP contribution is 2.79. The summed E-state index contributed by atoms with van der Waals surface area (Å²) in [5.41, 5.74) is 1.17. The van der Waals surface area contributed by atoms with Crippen molar-refractivity contribution in [1.29, 1.82) is 0 Å². The molecule has 0 aromatic rings. The topological polar surface area (TPSA) is 17.1 Å². The number of carbonyl (C=O) groups is 1. The third-order valence-corrected chi connectivity index (χ3v) is 8.70. The fraction of sp³-hybridized carbons (Fsp3) is 0.842. The zero-order chi connectivity index (χ0) is 13.8. The number of allylic oxidation sites excluding steroid dienone is 2. The largest absolute Gasteiger partial charge is 0.299 e. The molecule has 0 unspecified atom stereocenters.